The summed E-state index contributed by atoms with van der Waals surface area (Å²) in [5, 5.41) is 8.61. The Hall–Kier alpha value is -1.44. The Bertz CT molecular complexity index is 712. The molecule has 6 nitrogen and oxygen atoms in total. The first kappa shape index (κ1) is 15.0. The molecular formula is C12H15ClN4O2S. The van der Waals surface area contributed by atoms with Crippen molar-refractivity contribution in [3.8, 4) is 0 Å². The molecule has 0 aliphatic heterocycles. The van der Waals surface area contributed by atoms with Crippen molar-refractivity contribution < 1.29 is 8.42 Å². The van der Waals surface area contributed by atoms with Gasteiger partial charge in [0, 0.05) is 5.02 Å². The molecule has 0 radical (unpaired) electrons. The molecule has 1 heterocycles. The average molecular weight is 315 g/mol. The maximum atomic E-state index is 11.0. The van der Waals surface area contributed by atoms with Crippen LogP contribution >= 0.6 is 11.6 Å². The van der Waals surface area contributed by atoms with Crippen molar-refractivity contribution in [2.45, 2.75) is 20.0 Å². The molecule has 0 saturated carbocycles. The maximum absolute atomic E-state index is 11.0. The number of nitrogens with one attached hydrogen (secondary N) is 1. The second kappa shape index (κ2) is 5.90. The van der Waals surface area contributed by atoms with Crippen molar-refractivity contribution in [3.63, 3.8) is 0 Å². The number of rotatable bonds is 5. The van der Waals surface area contributed by atoms with Gasteiger partial charge in [0.15, 0.2) is 0 Å². The minimum absolute atomic E-state index is 0.137. The quantitative estimate of drug-likeness (QED) is 0.903. The van der Waals surface area contributed by atoms with E-state index < -0.39 is 10.0 Å². The first-order valence-corrected chi connectivity index (χ1v) is 8.19. The number of hydrogen-bond acceptors (Lipinski definition) is 4. The highest BCUT2D eigenvalue weighted by atomic mass is 35.5. The van der Waals surface area contributed by atoms with Crippen LogP contribution in [0.5, 0.6) is 0 Å². The van der Waals surface area contributed by atoms with Crippen LogP contribution in [-0.4, -0.2) is 29.7 Å². The van der Waals surface area contributed by atoms with Crippen LogP contribution < -0.4 is 4.72 Å². The highest BCUT2D eigenvalue weighted by Crippen LogP contribution is 2.16. The van der Waals surface area contributed by atoms with Gasteiger partial charge in [-0.25, -0.2) is 17.8 Å². The van der Waals surface area contributed by atoms with Gasteiger partial charge in [-0.05, 0) is 24.1 Å². The lowest BCUT2D eigenvalue weighted by atomic mass is 10.1. The number of sulfonamides is 1. The van der Waals surface area contributed by atoms with Crippen molar-refractivity contribution in [1.29, 1.82) is 0 Å². The van der Waals surface area contributed by atoms with Gasteiger partial charge >= 0.3 is 0 Å². The third-order valence-electron chi connectivity index (χ3n) is 2.67. The Balaban J connectivity index is 2.04. The Morgan fingerprint density at radius 1 is 1.40 bits per heavy atom. The lowest BCUT2D eigenvalue weighted by Crippen LogP contribution is -2.21. The summed E-state index contributed by atoms with van der Waals surface area (Å²) in [7, 11) is -3.22. The normalized spacial score (nSPS) is 11.8. The van der Waals surface area contributed by atoms with Crippen LogP contribution in [-0.2, 0) is 23.1 Å². The highest BCUT2D eigenvalue weighted by molar-refractivity contribution is 7.88. The van der Waals surface area contributed by atoms with E-state index in [1.165, 1.54) is 0 Å². The molecule has 0 atom stereocenters. The Morgan fingerprint density at radius 3 is 2.80 bits per heavy atom. The van der Waals surface area contributed by atoms with Crippen molar-refractivity contribution in [1.82, 2.24) is 19.7 Å². The van der Waals surface area contributed by atoms with E-state index in [1.54, 1.807) is 10.9 Å². The Kier molecular flexibility index (Phi) is 4.42. The summed E-state index contributed by atoms with van der Waals surface area (Å²) in [5.41, 5.74) is 2.63. The van der Waals surface area contributed by atoms with Gasteiger partial charge in [0.1, 0.15) is 0 Å². The summed E-state index contributed by atoms with van der Waals surface area (Å²) in [6, 6.07) is 5.75. The van der Waals surface area contributed by atoms with E-state index in [0.29, 0.717) is 12.2 Å². The van der Waals surface area contributed by atoms with Gasteiger partial charge in [0.2, 0.25) is 10.0 Å². The van der Waals surface area contributed by atoms with Gasteiger partial charge < -0.3 is 0 Å². The van der Waals surface area contributed by atoms with Crippen molar-refractivity contribution in [2.75, 3.05) is 6.26 Å². The van der Waals surface area contributed by atoms with Crippen LogP contribution in [0.25, 0.3) is 0 Å². The average Bonchev–Trinajstić information content (AvgIpc) is 2.78. The summed E-state index contributed by atoms with van der Waals surface area (Å²) < 4.78 is 26.0. The zero-order valence-corrected chi connectivity index (χ0v) is 12.7. The largest absolute Gasteiger partial charge is 0.248 e. The fourth-order valence-corrected chi connectivity index (χ4v) is 2.22. The third-order valence-corrected chi connectivity index (χ3v) is 3.76. The van der Waals surface area contributed by atoms with E-state index in [0.717, 1.165) is 22.4 Å². The third kappa shape index (κ3) is 4.29. The molecule has 0 fully saturated rings. The highest BCUT2D eigenvalue weighted by Gasteiger charge is 2.06. The van der Waals surface area contributed by atoms with Crippen molar-refractivity contribution in [3.05, 3.63) is 46.2 Å². The maximum Gasteiger partial charge on any atom is 0.209 e. The van der Waals surface area contributed by atoms with E-state index in [2.05, 4.69) is 15.0 Å². The first-order chi connectivity index (χ1) is 9.33. The standard InChI is InChI=1S/C12H15ClN4O2S/c1-9-5-10(3-4-12(9)13)7-17-8-11(15-16-17)6-14-20(2,18)19/h3-5,8,14H,6-7H2,1-2H3. The van der Waals surface area contributed by atoms with Gasteiger partial charge in [-0.15, -0.1) is 5.10 Å². The summed E-state index contributed by atoms with van der Waals surface area (Å²) in [4.78, 5) is 0. The molecule has 0 spiro atoms. The SMILES string of the molecule is Cc1cc(Cn2cc(CNS(C)(=O)=O)nn2)ccc1Cl. The molecule has 0 unspecified atom stereocenters. The van der Waals surface area contributed by atoms with Crippen molar-refractivity contribution >= 4 is 21.6 Å². The predicted octanol–water partition coefficient (Wildman–Crippen LogP) is 1.34. The first-order valence-electron chi connectivity index (χ1n) is 5.92. The second-order valence-electron chi connectivity index (χ2n) is 4.58. The number of halogens is 1. The molecule has 8 heteroatoms. The Labute approximate surface area is 122 Å². The molecular weight excluding hydrogens is 300 g/mol. The molecule has 0 amide bonds. The van der Waals surface area contributed by atoms with E-state index in [-0.39, 0.29) is 6.54 Å². The fraction of sp³-hybridized carbons (Fsp3) is 0.333. The fourth-order valence-electron chi connectivity index (χ4n) is 1.69. The minimum atomic E-state index is -3.22. The molecule has 2 aromatic rings. The predicted molar refractivity (Wildman–Crippen MR) is 77.0 cm³/mol. The number of nitrogens with zero attached hydrogens (tertiary/aromatic N) is 3. The zero-order valence-electron chi connectivity index (χ0n) is 11.2. The molecule has 20 heavy (non-hydrogen) atoms. The molecule has 0 aliphatic carbocycles. The number of hydrogen-bond donors (Lipinski definition) is 1. The number of benzene rings is 1. The smallest absolute Gasteiger partial charge is 0.209 e. The summed E-state index contributed by atoms with van der Waals surface area (Å²) in [6.45, 7) is 2.64. The van der Waals surface area contributed by atoms with Crippen LogP contribution in [0.4, 0.5) is 0 Å². The molecule has 0 bridgehead atoms. The summed E-state index contributed by atoms with van der Waals surface area (Å²) >= 11 is 5.97. The van der Waals surface area contributed by atoms with Gasteiger partial charge in [0.05, 0.1) is 31.2 Å². The van der Waals surface area contributed by atoms with Crippen molar-refractivity contribution in [2.24, 2.45) is 0 Å². The monoisotopic (exact) mass is 314 g/mol. The van der Waals surface area contributed by atoms with Crippen LogP contribution in [0.3, 0.4) is 0 Å². The number of aryl methyl sites for hydroxylation is 1. The lowest BCUT2D eigenvalue weighted by molar-refractivity contribution is 0.586. The molecule has 108 valence electrons. The number of aromatic nitrogens is 3. The van der Waals surface area contributed by atoms with E-state index in [4.69, 9.17) is 11.6 Å². The molecule has 1 aromatic carbocycles. The van der Waals surface area contributed by atoms with Crippen LogP contribution in [0.15, 0.2) is 24.4 Å². The van der Waals surface area contributed by atoms with E-state index in [1.807, 2.05) is 25.1 Å². The Morgan fingerprint density at radius 2 is 2.15 bits per heavy atom. The second-order valence-corrected chi connectivity index (χ2v) is 6.82. The van der Waals surface area contributed by atoms with E-state index >= 15 is 0 Å². The topological polar surface area (TPSA) is 76.9 Å². The van der Waals surface area contributed by atoms with Crippen LogP contribution in [0.2, 0.25) is 5.02 Å². The summed E-state index contributed by atoms with van der Waals surface area (Å²) in [5.74, 6) is 0. The van der Waals surface area contributed by atoms with Gasteiger partial charge in [-0.2, -0.15) is 0 Å². The van der Waals surface area contributed by atoms with E-state index in [9.17, 15) is 8.42 Å². The lowest BCUT2D eigenvalue weighted by Gasteiger charge is -2.03. The summed E-state index contributed by atoms with van der Waals surface area (Å²) in [6.07, 6.45) is 2.82. The van der Waals surface area contributed by atoms with Gasteiger partial charge in [0.25, 0.3) is 0 Å². The van der Waals surface area contributed by atoms with Gasteiger partial charge in [-0.3, -0.25) is 0 Å². The van der Waals surface area contributed by atoms with Gasteiger partial charge in [-0.1, -0.05) is 28.9 Å². The molecule has 0 saturated heterocycles. The molecule has 0 aliphatic rings. The zero-order chi connectivity index (χ0) is 14.8. The molecule has 1 aromatic heterocycles. The molecule has 1 N–H and O–H groups in total. The van der Waals surface area contributed by atoms with Crippen LogP contribution in [0.1, 0.15) is 16.8 Å². The molecule has 2 rings (SSSR count). The van der Waals surface area contributed by atoms with Crippen LogP contribution in [0, 0.1) is 6.92 Å². The minimum Gasteiger partial charge on any atom is -0.248 e.